The van der Waals surface area contributed by atoms with Crippen LogP contribution in [0.25, 0.3) is 11.5 Å². The number of esters is 1. The van der Waals surface area contributed by atoms with Crippen molar-refractivity contribution in [2.45, 2.75) is 39.0 Å². The Balaban J connectivity index is 1.45. The Bertz CT molecular complexity index is 1310. The van der Waals surface area contributed by atoms with E-state index in [1.54, 1.807) is 48.5 Å². The van der Waals surface area contributed by atoms with Gasteiger partial charge in [-0.2, -0.15) is 0 Å². The zero-order valence-corrected chi connectivity index (χ0v) is 20.0. The van der Waals surface area contributed by atoms with Gasteiger partial charge in [0.25, 0.3) is 11.8 Å². The van der Waals surface area contributed by atoms with Crippen LogP contribution in [0.5, 0.6) is 0 Å². The number of benzene rings is 2. The number of para-hydroxylation sites is 1. The topological polar surface area (TPSA) is 106 Å². The van der Waals surface area contributed by atoms with Gasteiger partial charge in [-0.25, -0.2) is 4.79 Å². The van der Waals surface area contributed by atoms with Gasteiger partial charge in [0, 0.05) is 30.0 Å². The number of hydrogen-bond acceptors (Lipinski definition) is 7. The van der Waals surface area contributed by atoms with Crippen LogP contribution in [0.3, 0.4) is 0 Å². The van der Waals surface area contributed by atoms with Crippen molar-refractivity contribution in [1.82, 2.24) is 15.1 Å². The van der Waals surface area contributed by atoms with Crippen LogP contribution in [0.15, 0.2) is 52.9 Å². The Morgan fingerprint density at radius 2 is 1.89 bits per heavy atom. The molecule has 1 atom stereocenters. The summed E-state index contributed by atoms with van der Waals surface area (Å²) in [5.74, 6) is -0.846. The second kappa shape index (κ2) is 8.81. The lowest BCUT2D eigenvalue weighted by molar-refractivity contribution is -0.159. The zero-order valence-electron chi connectivity index (χ0n) is 19.2. The molecular weight excluding hydrogens is 472 g/mol. The molecular formula is C25H23ClN4O5. The number of ether oxygens (including phenoxy) is 1. The van der Waals surface area contributed by atoms with Gasteiger partial charge in [0.15, 0.2) is 6.61 Å². The first kappa shape index (κ1) is 23.0. The Kier molecular flexibility index (Phi) is 5.80. The highest BCUT2D eigenvalue weighted by Gasteiger charge is 2.62. The first-order valence-corrected chi connectivity index (χ1v) is 11.7. The molecule has 0 saturated carbocycles. The largest absolute Gasteiger partial charge is 0.452 e. The fraction of sp³-hybridized carbons (Fsp3) is 0.320. The molecule has 1 fully saturated rings. The molecule has 180 valence electrons. The van der Waals surface area contributed by atoms with E-state index < -0.39 is 11.6 Å². The maximum absolute atomic E-state index is 13.7. The Morgan fingerprint density at radius 3 is 2.63 bits per heavy atom. The molecule has 2 aliphatic heterocycles. The second-order valence-electron chi connectivity index (χ2n) is 8.96. The molecule has 3 heterocycles. The molecule has 2 aliphatic rings. The molecule has 0 N–H and O–H groups in total. The van der Waals surface area contributed by atoms with Crippen LogP contribution < -0.4 is 4.90 Å². The van der Waals surface area contributed by atoms with Gasteiger partial charge in [-0.05, 0) is 42.3 Å². The Hall–Kier alpha value is -3.72. The maximum Gasteiger partial charge on any atom is 0.354 e. The van der Waals surface area contributed by atoms with Crippen molar-refractivity contribution in [3.05, 3.63) is 65.0 Å². The average molecular weight is 495 g/mol. The van der Waals surface area contributed by atoms with Crippen molar-refractivity contribution in [3.63, 3.8) is 0 Å². The van der Waals surface area contributed by atoms with Gasteiger partial charge in [0.05, 0.1) is 11.3 Å². The van der Waals surface area contributed by atoms with Crippen molar-refractivity contribution in [3.8, 4) is 11.5 Å². The van der Waals surface area contributed by atoms with Crippen molar-refractivity contribution >= 4 is 35.1 Å². The highest BCUT2D eigenvalue weighted by atomic mass is 35.5. The van der Waals surface area contributed by atoms with Crippen LogP contribution in [0.1, 0.15) is 42.9 Å². The van der Waals surface area contributed by atoms with Crippen LogP contribution in [-0.4, -0.2) is 45.1 Å². The molecule has 2 aromatic carbocycles. The van der Waals surface area contributed by atoms with Gasteiger partial charge in [-0.15, -0.1) is 10.2 Å². The molecule has 1 saturated heterocycles. The quantitative estimate of drug-likeness (QED) is 0.475. The molecule has 10 heteroatoms. The van der Waals surface area contributed by atoms with Gasteiger partial charge >= 0.3 is 5.97 Å². The van der Waals surface area contributed by atoms with E-state index >= 15 is 0 Å². The third kappa shape index (κ3) is 3.85. The third-order valence-corrected chi connectivity index (χ3v) is 6.39. The lowest BCUT2D eigenvalue weighted by Gasteiger charge is -2.48. The number of rotatable bonds is 6. The standard InChI is InChI=1S/C25H23ClN4O5/c1-15(2)13-29-23(32)18-5-3-4-6-19(18)30-21(31)11-12-25(29,30)24(33)34-14-20-27-28-22(35-20)16-7-9-17(26)10-8-16/h3-10,15H,11-14H2,1-2H3. The molecule has 0 radical (unpaired) electrons. The summed E-state index contributed by atoms with van der Waals surface area (Å²) >= 11 is 5.92. The summed E-state index contributed by atoms with van der Waals surface area (Å²) in [6.07, 6.45) is 0.254. The summed E-state index contributed by atoms with van der Waals surface area (Å²) in [6, 6.07) is 13.7. The number of anilines is 1. The van der Waals surface area contributed by atoms with Crippen molar-refractivity contribution in [1.29, 1.82) is 0 Å². The first-order chi connectivity index (χ1) is 16.8. The fourth-order valence-corrected chi connectivity index (χ4v) is 4.76. The molecule has 0 aliphatic carbocycles. The molecule has 1 unspecified atom stereocenters. The molecule has 3 aromatic rings. The molecule has 0 spiro atoms. The lowest BCUT2D eigenvalue weighted by Crippen LogP contribution is -2.69. The summed E-state index contributed by atoms with van der Waals surface area (Å²) in [7, 11) is 0. The number of halogens is 1. The number of amides is 2. The van der Waals surface area contributed by atoms with Crippen molar-refractivity contribution in [2.24, 2.45) is 5.92 Å². The van der Waals surface area contributed by atoms with E-state index in [0.717, 1.165) is 0 Å². The van der Waals surface area contributed by atoms with Crippen LogP contribution in [0, 0.1) is 5.92 Å². The normalized spacial score (nSPS) is 19.2. The van der Waals surface area contributed by atoms with Gasteiger partial charge < -0.3 is 14.1 Å². The third-order valence-electron chi connectivity index (χ3n) is 6.13. The number of hydrogen-bond donors (Lipinski definition) is 0. The predicted octanol–water partition coefficient (Wildman–Crippen LogP) is 4.07. The van der Waals surface area contributed by atoms with Crippen LogP contribution in [0.4, 0.5) is 5.69 Å². The summed E-state index contributed by atoms with van der Waals surface area (Å²) in [5.41, 5.74) is -0.0921. The Morgan fingerprint density at radius 1 is 1.14 bits per heavy atom. The van der Waals surface area contributed by atoms with E-state index in [0.29, 0.717) is 21.8 Å². The van der Waals surface area contributed by atoms with Gasteiger partial charge in [-0.3, -0.25) is 14.5 Å². The van der Waals surface area contributed by atoms with E-state index in [4.69, 9.17) is 20.8 Å². The highest BCUT2D eigenvalue weighted by Crippen LogP contribution is 2.45. The van der Waals surface area contributed by atoms with E-state index in [2.05, 4.69) is 10.2 Å². The molecule has 2 amide bonds. The van der Waals surface area contributed by atoms with Gasteiger partial charge in [0.2, 0.25) is 17.5 Å². The van der Waals surface area contributed by atoms with E-state index in [9.17, 15) is 14.4 Å². The number of aromatic nitrogens is 2. The van der Waals surface area contributed by atoms with Gasteiger partial charge in [-0.1, -0.05) is 37.6 Å². The SMILES string of the molecule is CC(C)CN1C(=O)c2ccccc2N2C(=O)CCC12C(=O)OCc1nnc(-c2ccc(Cl)cc2)o1. The average Bonchev–Trinajstić information content (AvgIpc) is 3.46. The minimum Gasteiger partial charge on any atom is -0.452 e. The van der Waals surface area contributed by atoms with E-state index in [1.165, 1.54) is 9.80 Å². The molecule has 35 heavy (non-hydrogen) atoms. The molecule has 1 aromatic heterocycles. The summed E-state index contributed by atoms with van der Waals surface area (Å²) < 4.78 is 11.3. The minimum absolute atomic E-state index is 0.0595. The fourth-order valence-electron chi connectivity index (χ4n) is 4.63. The highest BCUT2D eigenvalue weighted by molar-refractivity contribution is 6.30. The predicted molar refractivity (Wildman–Crippen MR) is 126 cm³/mol. The number of carbonyl (C=O) groups excluding carboxylic acids is 3. The summed E-state index contributed by atoms with van der Waals surface area (Å²) in [5, 5.41) is 8.54. The van der Waals surface area contributed by atoms with E-state index in [-0.39, 0.29) is 55.5 Å². The van der Waals surface area contributed by atoms with Crippen LogP contribution in [-0.2, 0) is 20.9 Å². The molecule has 5 rings (SSSR count). The Labute approximate surface area is 206 Å². The maximum atomic E-state index is 13.7. The number of carbonyl (C=O) groups is 3. The lowest BCUT2D eigenvalue weighted by atomic mass is 9.95. The van der Waals surface area contributed by atoms with Crippen molar-refractivity contribution < 1.29 is 23.5 Å². The molecule has 9 nitrogen and oxygen atoms in total. The number of fused-ring (bicyclic) bond motifs is 3. The van der Waals surface area contributed by atoms with E-state index in [1.807, 2.05) is 13.8 Å². The molecule has 0 bridgehead atoms. The number of nitrogens with zero attached hydrogens (tertiary/aromatic N) is 4. The zero-order chi connectivity index (χ0) is 24.7. The van der Waals surface area contributed by atoms with Gasteiger partial charge in [0.1, 0.15) is 0 Å². The monoisotopic (exact) mass is 494 g/mol. The summed E-state index contributed by atoms with van der Waals surface area (Å²) in [6.45, 7) is 3.89. The van der Waals surface area contributed by atoms with Crippen LogP contribution >= 0.6 is 11.6 Å². The van der Waals surface area contributed by atoms with Crippen molar-refractivity contribution in [2.75, 3.05) is 11.4 Å². The van der Waals surface area contributed by atoms with Crippen LogP contribution in [0.2, 0.25) is 5.02 Å². The minimum atomic E-state index is -1.56. The second-order valence-corrected chi connectivity index (χ2v) is 9.39. The first-order valence-electron chi connectivity index (χ1n) is 11.3. The smallest absolute Gasteiger partial charge is 0.354 e. The summed E-state index contributed by atoms with van der Waals surface area (Å²) in [4.78, 5) is 43.1.